The number of hydrogen-bond donors (Lipinski definition) is 1. The van der Waals surface area contributed by atoms with Crippen LogP contribution >= 0.6 is 0 Å². The Labute approximate surface area is 109 Å². The number of nitrogens with zero attached hydrogens (tertiary/aromatic N) is 5. The fourth-order valence-electron chi connectivity index (χ4n) is 2.07. The number of aromatic nitrogens is 4. The van der Waals surface area contributed by atoms with Crippen LogP contribution in [0.15, 0.2) is 12.7 Å². The molecule has 1 saturated carbocycles. The summed E-state index contributed by atoms with van der Waals surface area (Å²) in [4.78, 5) is 25.5. The van der Waals surface area contributed by atoms with Gasteiger partial charge in [-0.2, -0.15) is 0 Å². The molecule has 0 aromatic carbocycles. The molecule has 2 aromatic rings. The summed E-state index contributed by atoms with van der Waals surface area (Å²) in [5, 5.41) is 9.08. The van der Waals surface area contributed by atoms with E-state index in [1.54, 1.807) is 25.2 Å². The Kier molecular flexibility index (Phi) is 2.62. The second kappa shape index (κ2) is 4.18. The molecule has 1 atom stereocenters. The molecule has 0 bridgehead atoms. The summed E-state index contributed by atoms with van der Waals surface area (Å²) in [5.74, 6) is -0.338. The van der Waals surface area contributed by atoms with Gasteiger partial charge in [0.2, 0.25) is 0 Å². The first-order valence-corrected chi connectivity index (χ1v) is 6.22. The van der Waals surface area contributed by atoms with Crippen LogP contribution in [0.4, 0.5) is 5.82 Å². The molecule has 1 unspecified atom stereocenters. The van der Waals surface area contributed by atoms with E-state index < -0.39 is 12.0 Å². The maximum atomic E-state index is 11.1. The Morgan fingerprint density at radius 3 is 2.84 bits per heavy atom. The van der Waals surface area contributed by atoms with Gasteiger partial charge in [-0.05, 0) is 19.8 Å². The van der Waals surface area contributed by atoms with E-state index >= 15 is 0 Å². The number of rotatable bonds is 4. The van der Waals surface area contributed by atoms with Crippen LogP contribution in [0.25, 0.3) is 11.2 Å². The summed E-state index contributed by atoms with van der Waals surface area (Å²) in [7, 11) is 1.71. The number of carboxylic acids is 1. The maximum absolute atomic E-state index is 11.1. The highest BCUT2D eigenvalue weighted by atomic mass is 16.4. The van der Waals surface area contributed by atoms with Crippen LogP contribution in [0, 0.1) is 0 Å². The maximum Gasteiger partial charge on any atom is 0.326 e. The smallest absolute Gasteiger partial charge is 0.326 e. The van der Waals surface area contributed by atoms with Gasteiger partial charge in [-0.1, -0.05) is 0 Å². The van der Waals surface area contributed by atoms with E-state index in [0.717, 1.165) is 18.5 Å². The lowest BCUT2D eigenvalue weighted by Crippen LogP contribution is -2.36. The van der Waals surface area contributed by atoms with Gasteiger partial charge >= 0.3 is 5.97 Å². The monoisotopic (exact) mass is 261 g/mol. The van der Waals surface area contributed by atoms with Gasteiger partial charge in [-0.3, -0.25) is 0 Å². The Hall–Kier alpha value is -2.18. The standard InChI is InChI=1S/C12H15N5O2/c1-7(12(18)19)16(2)10-9-11(14-5-13-10)17(6-15-9)8-3-4-8/h5-8H,3-4H2,1-2H3,(H,18,19). The van der Waals surface area contributed by atoms with Crippen LogP contribution in [-0.2, 0) is 4.79 Å². The van der Waals surface area contributed by atoms with Gasteiger partial charge in [0.05, 0.1) is 6.33 Å². The lowest BCUT2D eigenvalue weighted by Gasteiger charge is -2.22. The SMILES string of the molecule is CC(C(=O)O)N(C)c1ncnc2c1ncn2C1CC1. The highest BCUT2D eigenvalue weighted by molar-refractivity contribution is 5.86. The Balaban J connectivity index is 2.06. The molecule has 7 heteroatoms. The first-order chi connectivity index (χ1) is 9.09. The van der Waals surface area contributed by atoms with Crippen molar-refractivity contribution in [2.24, 2.45) is 0 Å². The van der Waals surface area contributed by atoms with E-state index in [0.29, 0.717) is 17.4 Å². The molecule has 1 fully saturated rings. The average Bonchev–Trinajstić information content (AvgIpc) is 3.15. The third kappa shape index (κ3) is 1.91. The van der Waals surface area contributed by atoms with E-state index in [4.69, 9.17) is 5.11 Å². The highest BCUT2D eigenvalue weighted by Crippen LogP contribution is 2.37. The van der Waals surface area contributed by atoms with Gasteiger partial charge in [0.25, 0.3) is 0 Å². The van der Waals surface area contributed by atoms with E-state index in [9.17, 15) is 4.79 Å². The molecule has 1 N–H and O–H groups in total. The van der Waals surface area contributed by atoms with Crippen molar-refractivity contribution in [2.45, 2.75) is 31.8 Å². The largest absolute Gasteiger partial charge is 0.480 e. The van der Waals surface area contributed by atoms with Gasteiger partial charge in [0.15, 0.2) is 17.0 Å². The predicted octanol–water partition coefficient (Wildman–Crippen LogP) is 1.07. The van der Waals surface area contributed by atoms with Crippen molar-refractivity contribution in [3.63, 3.8) is 0 Å². The van der Waals surface area contributed by atoms with Crippen molar-refractivity contribution in [2.75, 3.05) is 11.9 Å². The van der Waals surface area contributed by atoms with Crippen molar-refractivity contribution in [1.82, 2.24) is 19.5 Å². The quantitative estimate of drug-likeness (QED) is 0.886. The van der Waals surface area contributed by atoms with E-state index in [1.165, 1.54) is 6.33 Å². The first kappa shape index (κ1) is 11.9. The second-order valence-electron chi connectivity index (χ2n) is 4.88. The molecule has 1 aliphatic carbocycles. The zero-order valence-corrected chi connectivity index (χ0v) is 10.8. The lowest BCUT2D eigenvalue weighted by molar-refractivity contribution is -0.138. The number of fused-ring (bicyclic) bond motifs is 1. The van der Waals surface area contributed by atoms with Crippen molar-refractivity contribution in [3.05, 3.63) is 12.7 Å². The zero-order valence-electron chi connectivity index (χ0n) is 10.8. The number of anilines is 1. The van der Waals surface area contributed by atoms with Crippen LogP contribution < -0.4 is 4.90 Å². The molecule has 2 aromatic heterocycles. The third-order valence-corrected chi connectivity index (χ3v) is 3.55. The van der Waals surface area contributed by atoms with Crippen molar-refractivity contribution in [3.8, 4) is 0 Å². The van der Waals surface area contributed by atoms with Gasteiger partial charge in [-0.15, -0.1) is 0 Å². The molecule has 100 valence electrons. The van der Waals surface area contributed by atoms with E-state index in [-0.39, 0.29) is 0 Å². The minimum absolute atomic E-state index is 0.481. The average molecular weight is 261 g/mol. The molecular formula is C12H15N5O2. The number of likely N-dealkylation sites (N-methyl/N-ethyl adjacent to an activating group) is 1. The van der Waals surface area contributed by atoms with Gasteiger partial charge < -0.3 is 14.6 Å². The summed E-state index contributed by atoms with van der Waals surface area (Å²) < 4.78 is 2.04. The molecule has 7 nitrogen and oxygen atoms in total. The van der Waals surface area contributed by atoms with Crippen molar-refractivity contribution >= 4 is 23.0 Å². The Bertz CT molecular complexity index is 634. The number of imidazole rings is 1. The molecule has 0 spiro atoms. The molecule has 0 aliphatic heterocycles. The summed E-state index contributed by atoms with van der Waals surface area (Å²) in [6.07, 6.45) is 5.52. The van der Waals surface area contributed by atoms with Gasteiger partial charge in [0, 0.05) is 13.1 Å². The topological polar surface area (TPSA) is 84.1 Å². The van der Waals surface area contributed by atoms with Crippen LogP contribution in [0.2, 0.25) is 0 Å². The minimum atomic E-state index is -0.893. The zero-order chi connectivity index (χ0) is 13.6. The van der Waals surface area contributed by atoms with E-state index in [2.05, 4.69) is 15.0 Å². The van der Waals surface area contributed by atoms with Crippen molar-refractivity contribution in [1.29, 1.82) is 0 Å². The van der Waals surface area contributed by atoms with Crippen LogP contribution in [0.1, 0.15) is 25.8 Å². The van der Waals surface area contributed by atoms with Crippen LogP contribution in [0.3, 0.4) is 0 Å². The molecule has 0 amide bonds. The number of carbonyl (C=O) groups is 1. The number of hydrogen-bond acceptors (Lipinski definition) is 5. The second-order valence-corrected chi connectivity index (χ2v) is 4.88. The molecule has 19 heavy (non-hydrogen) atoms. The minimum Gasteiger partial charge on any atom is -0.480 e. The van der Waals surface area contributed by atoms with Crippen LogP contribution in [0.5, 0.6) is 0 Å². The predicted molar refractivity (Wildman–Crippen MR) is 69.1 cm³/mol. The lowest BCUT2D eigenvalue weighted by atomic mass is 10.3. The molecule has 2 heterocycles. The fraction of sp³-hybridized carbons (Fsp3) is 0.500. The third-order valence-electron chi connectivity index (χ3n) is 3.55. The number of aliphatic carboxylic acids is 1. The summed E-state index contributed by atoms with van der Waals surface area (Å²) in [6, 6.07) is -0.181. The number of carboxylic acid groups (broad SMARTS) is 1. The van der Waals surface area contributed by atoms with Gasteiger partial charge in [0.1, 0.15) is 12.4 Å². The fourth-order valence-corrected chi connectivity index (χ4v) is 2.07. The normalized spacial score (nSPS) is 16.5. The van der Waals surface area contributed by atoms with Crippen LogP contribution in [-0.4, -0.2) is 43.7 Å². The van der Waals surface area contributed by atoms with Crippen molar-refractivity contribution < 1.29 is 9.90 Å². The molecular weight excluding hydrogens is 246 g/mol. The molecule has 0 radical (unpaired) electrons. The molecule has 3 rings (SSSR count). The molecule has 1 aliphatic rings. The summed E-state index contributed by atoms with van der Waals surface area (Å²) >= 11 is 0. The first-order valence-electron chi connectivity index (χ1n) is 6.22. The van der Waals surface area contributed by atoms with E-state index in [1.807, 2.05) is 4.57 Å². The highest BCUT2D eigenvalue weighted by Gasteiger charge is 2.27. The summed E-state index contributed by atoms with van der Waals surface area (Å²) in [5.41, 5.74) is 1.43. The summed E-state index contributed by atoms with van der Waals surface area (Å²) in [6.45, 7) is 1.62. The Morgan fingerprint density at radius 2 is 2.21 bits per heavy atom. The Morgan fingerprint density at radius 1 is 1.47 bits per heavy atom. The van der Waals surface area contributed by atoms with Gasteiger partial charge in [-0.25, -0.2) is 19.7 Å². The molecule has 0 saturated heterocycles.